The van der Waals surface area contributed by atoms with Crippen molar-refractivity contribution in [3.63, 3.8) is 0 Å². The molecular formula is C23H28N4O2. The molecule has 0 aliphatic carbocycles. The average molecular weight is 393 g/mol. The van der Waals surface area contributed by atoms with E-state index < -0.39 is 0 Å². The van der Waals surface area contributed by atoms with Gasteiger partial charge < -0.3 is 10.2 Å². The van der Waals surface area contributed by atoms with Crippen LogP contribution >= 0.6 is 0 Å². The normalized spacial score (nSPS) is 10.9. The molecule has 2 heterocycles. The molecule has 3 rings (SSSR count). The Hall–Kier alpha value is -3.15. The number of hydrogen-bond acceptors (Lipinski definition) is 3. The number of carbonyl (C=O) groups is 2. The van der Waals surface area contributed by atoms with Crippen molar-refractivity contribution in [3.05, 3.63) is 65.7 Å². The lowest BCUT2D eigenvalue weighted by Gasteiger charge is -2.20. The van der Waals surface area contributed by atoms with Gasteiger partial charge in [-0.1, -0.05) is 39.0 Å². The first-order valence-electron chi connectivity index (χ1n) is 10.3. The Morgan fingerprint density at radius 2 is 1.69 bits per heavy atom. The van der Waals surface area contributed by atoms with Gasteiger partial charge in [-0.15, -0.1) is 0 Å². The molecule has 0 bridgehead atoms. The predicted molar refractivity (Wildman–Crippen MR) is 115 cm³/mol. The smallest absolute Gasteiger partial charge is 0.292 e. The van der Waals surface area contributed by atoms with Crippen molar-refractivity contribution in [2.24, 2.45) is 0 Å². The standard InChI is InChI=1S/C23H28N4O2/c1-4-14-26(15-5-2)23(29)20-19-9-7-8-16-27(19)21(25-20)22(28)24-18-12-10-17(6-3)11-13-18/h7-13,16H,4-6,14-15H2,1-3H3,(H,24,28). The highest BCUT2D eigenvalue weighted by Gasteiger charge is 2.24. The lowest BCUT2D eigenvalue weighted by molar-refractivity contribution is 0.0752. The second-order valence-electron chi connectivity index (χ2n) is 7.04. The highest BCUT2D eigenvalue weighted by atomic mass is 16.2. The Bertz CT molecular complexity index is 986. The Morgan fingerprint density at radius 1 is 1.00 bits per heavy atom. The van der Waals surface area contributed by atoms with E-state index in [1.807, 2.05) is 56.3 Å². The van der Waals surface area contributed by atoms with Crippen LogP contribution in [0.2, 0.25) is 0 Å². The predicted octanol–water partition coefficient (Wildman–Crippen LogP) is 4.41. The van der Waals surface area contributed by atoms with Crippen molar-refractivity contribution in [1.82, 2.24) is 14.3 Å². The molecule has 0 radical (unpaired) electrons. The zero-order chi connectivity index (χ0) is 20.8. The molecule has 0 saturated heterocycles. The van der Waals surface area contributed by atoms with Crippen LogP contribution in [-0.4, -0.2) is 39.2 Å². The fourth-order valence-electron chi connectivity index (χ4n) is 3.37. The molecule has 152 valence electrons. The Labute approximate surface area is 171 Å². The molecule has 6 heteroatoms. The van der Waals surface area contributed by atoms with Gasteiger partial charge in [0.2, 0.25) is 5.82 Å². The van der Waals surface area contributed by atoms with Gasteiger partial charge in [0.15, 0.2) is 5.69 Å². The van der Waals surface area contributed by atoms with Gasteiger partial charge in [0, 0.05) is 25.0 Å². The largest absolute Gasteiger partial charge is 0.337 e. The van der Waals surface area contributed by atoms with Crippen LogP contribution < -0.4 is 5.32 Å². The molecule has 0 aliphatic heterocycles. The molecule has 1 N–H and O–H groups in total. The zero-order valence-corrected chi connectivity index (χ0v) is 17.3. The summed E-state index contributed by atoms with van der Waals surface area (Å²) < 4.78 is 1.68. The van der Waals surface area contributed by atoms with Crippen molar-refractivity contribution in [2.45, 2.75) is 40.0 Å². The third kappa shape index (κ3) is 4.47. The number of pyridine rings is 1. The maximum absolute atomic E-state index is 13.1. The van der Waals surface area contributed by atoms with Crippen molar-refractivity contribution in [3.8, 4) is 0 Å². The lowest BCUT2D eigenvalue weighted by Crippen LogP contribution is -2.33. The van der Waals surface area contributed by atoms with Gasteiger partial charge in [0.25, 0.3) is 11.8 Å². The van der Waals surface area contributed by atoms with E-state index in [1.165, 1.54) is 5.56 Å². The fraction of sp³-hybridized carbons (Fsp3) is 0.348. The summed E-state index contributed by atoms with van der Waals surface area (Å²) in [7, 11) is 0. The van der Waals surface area contributed by atoms with Crippen LogP contribution in [0.15, 0.2) is 48.7 Å². The Morgan fingerprint density at radius 3 is 2.31 bits per heavy atom. The van der Waals surface area contributed by atoms with Crippen LogP contribution in [0.4, 0.5) is 5.69 Å². The van der Waals surface area contributed by atoms with E-state index in [-0.39, 0.29) is 17.6 Å². The van der Waals surface area contributed by atoms with Crippen LogP contribution in [0.1, 0.15) is 60.3 Å². The van der Waals surface area contributed by atoms with E-state index >= 15 is 0 Å². The van der Waals surface area contributed by atoms with Crippen LogP contribution in [0.5, 0.6) is 0 Å². The van der Waals surface area contributed by atoms with E-state index in [9.17, 15) is 9.59 Å². The highest BCUT2D eigenvalue weighted by Crippen LogP contribution is 2.18. The second kappa shape index (κ2) is 9.37. The number of fused-ring (bicyclic) bond motifs is 1. The van der Waals surface area contributed by atoms with Crippen molar-refractivity contribution in [1.29, 1.82) is 0 Å². The molecule has 0 unspecified atom stereocenters. The third-order valence-electron chi connectivity index (χ3n) is 4.85. The number of carbonyl (C=O) groups excluding carboxylic acids is 2. The van der Waals surface area contributed by atoms with Crippen molar-refractivity contribution in [2.75, 3.05) is 18.4 Å². The third-order valence-corrected chi connectivity index (χ3v) is 4.85. The monoisotopic (exact) mass is 392 g/mol. The first kappa shape index (κ1) is 20.6. The molecule has 0 fully saturated rings. The number of nitrogens with zero attached hydrogens (tertiary/aromatic N) is 3. The maximum atomic E-state index is 13.1. The van der Waals surface area contributed by atoms with Gasteiger partial charge in [-0.05, 0) is 49.1 Å². The summed E-state index contributed by atoms with van der Waals surface area (Å²) in [5.74, 6) is -0.271. The van der Waals surface area contributed by atoms with Gasteiger partial charge in [-0.25, -0.2) is 4.98 Å². The van der Waals surface area contributed by atoms with Gasteiger partial charge >= 0.3 is 0 Å². The van der Waals surface area contributed by atoms with Crippen molar-refractivity contribution < 1.29 is 9.59 Å². The number of benzene rings is 1. The minimum atomic E-state index is -0.341. The molecule has 2 amide bonds. The lowest BCUT2D eigenvalue weighted by atomic mass is 10.1. The molecule has 3 aromatic rings. The topological polar surface area (TPSA) is 66.7 Å². The number of aromatic nitrogens is 2. The fourth-order valence-corrected chi connectivity index (χ4v) is 3.37. The first-order valence-corrected chi connectivity index (χ1v) is 10.3. The number of rotatable bonds is 8. The number of nitrogens with one attached hydrogen (secondary N) is 1. The van der Waals surface area contributed by atoms with Gasteiger partial charge in [0.1, 0.15) is 0 Å². The van der Waals surface area contributed by atoms with E-state index in [1.54, 1.807) is 15.5 Å². The molecule has 6 nitrogen and oxygen atoms in total. The number of anilines is 1. The summed E-state index contributed by atoms with van der Waals surface area (Å²) in [5.41, 5.74) is 2.86. The molecule has 29 heavy (non-hydrogen) atoms. The molecule has 1 aromatic carbocycles. The minimum Gasteiger partial charge on any atom is -0.337 e. The summed E-state index contributed by atoms with van der Waals surface area (Å²) in [5, 5.41) is 2.89. The van der Waals surface area contributed by atoms with Gasteiger partial charge in [-0.3, -0.25) is 14.0 Å². The molecular weight excluding hydrogens is 364 g/mol. The molecule has 0 atom stereocenters. The van der Waals surface area contributed by atoms with Crippen LogP contribution in [-0.2, 0) is 6.42 Å². The minimum absolute atomic E-state index is 0.135. The SMILES string of the molecule is CCCN(CCC)C(=O)c1nc(C(=O)Nc2ccc(CC)cc2)n2ccccc12. The maximum Gasteiger partial charge on any atom is 0.292 e. The molecule has 0 aliphatic rings. The van der Waals surface area contributed by atoms with E-state index in [2.05, 4.69) is 17.2 Å². The number of amides is 2. The molecule has 2 aromatic heterocycles. The summed E-state index contributed by atoms with van der Waals surface area (Å²) in [4.78, 5) is 32.3. The number of imidazole rings is 1. The number of aryl methyl sites for hydroxylation is 1. The van der Waals surface area contributed by atoms with Crippen LogP contribution in [0.3, 0.4) is 0 Å². The van der Waals surface area contributed by atoms with Gasteiger partial charge in [-0.2, -0.15) is 0 Å². The summed E-state index contributed by atoms with van der Waals surface area (Å²) >= 11 is 0. The highest BCUT2D eigenvalue weighted by molar-refractivity contribution is 6.06. The average Bonchev–Trinajstić information content (AvgIpc) is 3.13. The summed E-state index contributed by atoms with van der Waals surface area (Å²) in [6, 6.07) is 13.2. The van der Waals surface area contributed by atoms with Crippen molar-refractivity contribution >= 4 is 23.0 Å². The molecule has 0 saturated carbocycles. The first-order chi connectivity index (χ1) is 14.1. The van der Waals surface area contributed by atoms with E-state index in [4.69, 9.17) is 0 Å². The van der Waals surface area contributed by atoms with E-state index in [0.717, 1.165) is 19.3 Å². The number of hydrogen-bond donors (Lipinski definition) is 1. The van der Waals surface area contributed by atoms with Crippen LogP contribution in [0.25, 0.3) is 5.52 Å². The Balaban J connectivity index is 1.94. The summed E-state index contributed by atoms with van der Waals surface area (Å²) in [6.07, 6.45) is 4.45. The zero-order valence-electron chi connectivity index (χ0n) is 17.3. The summed E-state index contributed by atoms with van der Waals surface area (Å²) in [6.45, 7) is 7.52. The van der Waals surface area contributed by atoms with Gasteiger partial charge in [0.05, 0.1) is 5.52 Å². The van der Waals surface area contributed by atoms with E-state index in [0.29, 0.717) is 30.0 Å². The Kier molecular flexibility index (Phi) is 6.65. The second-order valence-corrected chi connectivity index (χ2v) is 7.04. The van der Waals surface area contributed by atoms with Crippen LogP contribution in [0, 0.1) is 0 Å². The quantitative estimate of drug-likeness (QED) is 0.617. The molecule has 0 spiro atoms.